The summed E-state index contributed by atoms with van der Waals surface area (Å²) in [4.78, 5) is 15.7. The van der Waals surface area contributed by atoms with Crippen LogP contribution in [0.3, 0.4) is 0 Å². The molecule has 3 aromatic carbocycles. The van der Waals surface area contributed by atoms with Crippen LogP contribution in [0.4, 0.5) is 5.69 Å². The van der Waals surface area contributed by atoms with Crippen LogP contribution in [0.2, 0.25) is 0 Å². The molecule has 4 aromatic rings. The van der Waals surface area contributed by atoms with Crippen LogP contribution in [-0.4, -0.2) is 36.0 Å². The first-order chi connectivity index (χ1) is 16.6. The highest BCUT2D eigenvalue weighted by Crippen LogP contribution is 2.31. The number of hydrogen-bond acceptors (Lipinski definition) is 5. The van der Waals surface area contributed by atoms with Gasteiger partial charge in [-0.3, -0.25) is 4.79 Å². The number of rotatable bonds is 5. The van der Waals surface area contributed by atoms with Crippen molar-refractivity contribution in [2.24, 2.45) is 0 Å². The Bertz CT molecular complexity index is 1330. The average molecular weight is 560 g/mol. The fourth-order valence-corrected chi connectivity index (χ4v) is 4.36. The van der Waals surface area contributed by atoms with Gasteiger partial charge in [-0.2, -0.15) is 9.78 Å². The van der Waals surface area contributed by atoms with Gasteiger partial charge >= 0.3 is 5.56 Å². The van der Waals surface area contributed by atoms with Gasteiger partial charge < -0.3 is 15.0 Å². The molecule has 1 aliphatic heterocycles. The standard InChI is InChI=1S/C27H25IN4O2/c1-19-2-10-23(11-3-19)32-27(33)26(25(18-30-32)31-16-14-29-15-17-31)34-24-12-6-21(7-13-24)20-4-8-22(28)9-5-20/h2-13,18,29H,14-17H2,1H3/i28-4. The third-order valence-corrected chi connectivity index (χ3v) is 6.62. The van der Waals surface area contributed by atoms with E-state index in [0.717, 1.165) is 48.6 Å². The summed E-state index contributed by atoms with van der Waals surface area (Å²) in [6, 6.07) is 24.0. The van der Waals surface area contributed by atoms with Gasteiger partial charge in [0.2, 0.25) is 5.75 Å². The Balaban J connectivity index is 1.51. The first-order valence-electron chi connectivity index (χ1n) is 11.3. The molecule has 1 aromatic heterocycles. The fraction of sp³-hybridized carbons (Fsp3) is 0.185. The third-order valence-electron chi connectivity index (χ3n) is 5.90. The van der Waals surface area contributed by atoms with Crippen LogP contribution in [0.1, 0.15) is 5.56 Å². The summed E-state index contributed by atoms with van der Waals surface area (Å²) < 4.78 is 8.85. The fourth-order valence-electron chi connectivity index (χ4n) is 4.00. The lowest BCUT2D eigenvalue weighted by Crippen LogP contribution is -2.44. The van der Waals surface area contributed by atoms with Gasteiger partial charge in [0.1, 0.15) is 11.4 Å². The number of anilines is 1. The average Bonchev–Trinajstić information content (AvgIpc) is 2.87. The normalized spacial score (nSPS) is 13.6. The van der Waals surface area contributed by atoms with E-state index in [-0.39, 0.29) is 5.56 Å². The Hall–Kier alpha value is -3.17. The summed E-state index contributed by atoms with van der Waals surface area (Å²) in [5, 5.41) is 7.83. The largest absolute Gasteiger partial charge is 0.449 e. The molecule has 0 atom stereocenters. The van der Waals surface area contributed by atoms with Crippen LogP contribution < -0.4 is 20.5 Å². The van der Waals surface area contributed by atoms with Gasteiger partial charge in [0.25, 0.3) is 0 Å². The Kier molecular flexibility index (Phi) is 6.64. The van der Waals surface area contributed by atoms with E-state index in [0.29, 0.717) is 17.2 Å². The van der Waals surface area contributed by atoms with Crippen molar-refractivity contribution >= 4 is 28.3 Å². The predicted octanol–water partition coefficient (Wildman–Crippen LogP) is 5.01. The number of nitrogens with zero attached hydrogens (tertiary/aromatic N) is 3. The summed E-state index contributed by atoms with van der Waals surface area (Å²) in [7, 11) is 0. The van der Waals surface area contributed by atoms with E-state index in [2.05, 4.69) is 62.2 Å². The maximum Gasteiger partial charge on any atom is 0.316 e. The Labute approximate surface area is 212 Å². The Morgan fingerprint density at radius 2 is 1.50 bits per heavy atom. The van der Waals surface area contributed by atoms with Crippen molar-refractivity contribution in [1.82, 2.24) is 15.1 Å². The van der Waals surface area contributed by atoms with Crippen LogP contribution in [0.15, 0.2) is 83.8 Å². The SMILES string of the molecule is Cc1ccc(-n2ncc(N3CCNCC3)c(Oc3ccc(-c4ccc([123I])cc4)cc3)c2=O)cc1. The molecule has 7 heteroatoms. The minimum atomic E-state index is -0.276. The van der Waals surface area contributed by atoms with Crippen LogP contribution >= 0.6 is 22.6 Å². The zero-order valence-electron chi connectivity index (χ0n) is 18.9. The molecule has 0 radical (unpaired) electrons. The number of piperazine rings is 1. The molecule has 0 saturated carbocycles. The van der Waals surface area contributed by atoms with Crippen molar-refractivity contribution in [2.45, 2.75) is 6.92 Å². The molecule has 1 saturated heterocycles. The predicted molar refractivity (Wildman–Crippen MR) is 144 cm³/mol. The van der Waals surface area contributed by atoms with E-state index in [1.165, 1.54) is 8.25 Å². The van der Waals surface area contributed by atoms with Crippen molar-refractivity contribution in [3.05, 3.63) is 98.5 Å². The second-order valence-corrected chi connectivity index (χ2v) is 9.53. The van der Waals surface area contributed by atoms with Gasteiger partial charge in [-0.05, 0) is 77.0 Å². The van der Waals surface area contributed by atoms with Gasteiger partial charge in [-0.25, -0.2) is 0 Å². The summed E-state index contributed by atoms with van der Waals surface area (Å²) in [5.74, 6) is 0.906. The molecule has 1 fully saturated rings. The molecular formula is C27H25IN4O2. The van der Waals surface area contributed by atoms with E-state index >= 15 is 0 Å². The molecule has 5 rings (SSSR count). The summed E-state index contributed by atoms with van der Waals surface area (Å²) in [6.07, 6.45) is 1.74. The van der Waals surface area contributed by atoms with Crippen molar-refractivity contribution in [3.8, 4) is 28.3 Å². The molecule has 0 unspecified atom stereocenters. The molecule has 34 heavy (non-hydrogen) atoms. The summed E-state index contributed by atoms with van der Waals surface area (Å²) >= 11 is 2.30. The molecule has 0 aliphatic carbocycles. The van der Waals surface area contributed by atoms with Crippen LogP contribution in [-0.2, 0) is 0 Å². The number of halogens is 1. The van der Waals surface area contributed by atoms with E-state index in [4.69, 9.17) is 4.74 Å². The Morgan fingerprint density at radius 1 is 0.882 bits per heavy atom. The molecule has 0 amide bonds. The second kappa shape index (κ2) is 9.99. The second-order valence-electron chi connectivity index (χ2n) is 8.28. The van der Waals surface area contributed by atoms with Crippen LogP contribution in [0, 0.1) is 10.5 Å². The number of ether oxygens (including phenoxy) is 1. The van der Waals surface area contributed by atoms with E-state index in [1.54, 1.807) is 6.20 Å². The van der Waals surface area contributed by atoms with Gasteiger partial charge in [0, 0.05) is 29.7 Å². The zero-order valence-corrected chi connectivity index (χ0v) is 21.0. The lowest BCUT2D eigenvalue weighted by molar-refractivity contribution is 0.463. The van der Waals surface area contributed by atoms with Crippen molar-refractivity contribution in [2.75, 3.05) is 31.1 Å². The van der Waals surface area contributed by atoms with Crippen LogP contribution in [0.25, 0.3) is 16.8 Å². The van der Waals surface area contributed by atoms with Gasteiger partial charge in [0.05, 0.1) is 11.9 Å². The Morgan fingerprint density at radius 3 is 2.15 bits per heavy atom. The van der Waals surface area contributed by atoms with Gasteiger partial charge in [-0.1, -0.05) is 42.0 Å². The minimum absolute atomic E-state index is 0.276. The molecule has 172 valence electrons. The highest BCUT2D eigenvalue weighted by Gasteiger charge is 2.21. The highest BCUT2D eigenvalue weighted by molar-refractivity contribution is 14.1. The molecule has 6 nitrogen and oxygen atoms in total. The smallest absolute Gasteiger partial charge is 0.316 e. The number of aromatic nitrogens is 2. The molecule has 2 heterocycles. The highest BCUT2D eigenvalue weighted by atomic mass is 123. The zero-order chi connectivity index (χ0) is 23.5. The molecule has 1 aliphatic rings. The first-order valence-corrected chi connectivity index (χ1v) is 12.4. The number of nitrogens with one attached hydrogen (secondary N) is 1. The number of hydrogen-bond donors (Lipinski definition) is 1. The van der Waals surface area contributed by atoms with Gasteiger partial charge in [-0.15, -0.1) is 0 Å². The van der Waals surface area contributed by atoms with Crippen molar-refractivity contribution in [3.63, 3.8) is 0 Å². The van der Waals surface area contributed by atoms with Crippen molar-refractivity contribution in [1.29, 1.82) is 0 Å². The van der Waals surface area contributed by atoms with Crippen molar-refractivity contribution < 1.29 is 4.74 Å². The number of aryl methyl sites for hydroxylation is 1. The van der Waals surface area contributed by atoms with Gasteiger partial charge in [0.15, 0.2) is 0 Å². The summed E-state index contributed by atoms with van der Waals surface area (Å²) in [6.45, 7) is 5.30. The van der Waals surface area contributed by atoms with E-state index < -0.39 is 0 Å². The molecule has 0 bridgehead atoms. The van der Waals surface area contributed by atoms with E-state index in [1.807, 2.05) is 55.5 Å². The molecule has 1 N–H and O–H groups in total. The molecular weight excluding hydrogens is 535 g/mol. The molecule has 0 spiro atoms. The summed E-state index contributed by atoms with van der Waals surface area (Å²) in [5.41, 5.74) is 4.51. The quantitative estimate of drug-likeness (QED) is 0.348. The maximum absolute atomic E-state index is 13.6. The monoisotopic (exact) mass is 560 g/mol. The maximum atomic E-state index is 13.6. The van der Waals surface area contributed by atoms with E-state index in [9.17, 15) is 4.79 Å². The van der Waals surface area contributed by atoms with Crippen LogP contribution in [0.5, 0.6) is 11.5 Å². The topological polar surface area (TPSA) is 59.4 Å². The number of benzene rings is 3. The lowest BCUT2D eigenvalue weighted by atomic mass is 10.1. The third kappa shape index (κ3) is 4.85. The first kappa shape index (κ1) is 22.6. The minimum Gasteiger partial charge on any atom is -0.449 e. The lowest BCUT2D eigenvalue weighted by Gasteiger charge is -2.30.